The third kappa shape index (κ3) is 2.27. The van der Waals surface area contributed by atoms with E-state index in [0.717, 1.165) is 29.7 Å². The number of fused-ring (bicyclic) bond motifs is 1. The SMILES string of the molecule is CC=C(C)CCc1nc2ccccc2[nH]1. The minimum Gasteiger partial charge on any atom is -0.342 e. The molecule has 0 saturated heterocycles. The molecule has 0 amide bonds. The van der Waals surface area contributed by atoms with Crippen molar-refractivity contribution in [3.8, 4) is 0 Å². The molecule has 1 heterocycles. The fourth-order valence-corrected chi connectivity index (χ4v) is 1.58. The van der Waals surface area contributed by atoms with E-state index in [9.17, 15) is 0 Å². The van der Waals surface area contributed by atoms with Gasteiger partial charge in [-0.3, -0.25) is 0 Å². The second-order valence-corrected chi connectivity index (χ2v) is 3.84. The van der Waals surface area contributed by atoms with E-state index in [2.05, 4.69) is 36.0 Å². The van der Waals surface area contributed by atoms with Crippen LogP contribution in [-0.4, -0.2) is 9.97 Å². The predicted octanol–water partition coefficient (Wildman–Crippen LogP) is 3.46. The van der Waals surface area contributed by atoms with Crippen molar-refractivity contribution in [2.24, 2.45) is 0 Å². The highest BCUT2D eigenvalue weighted by Gasteiger charge is 2.01. The van der Waals surface area contributed by atoms with Crippen LogP contribution in [0.15, 0.2) is 35.9 Å². The molecule has 0 unspecified atom stereocenters. The number of aromatic amines is 1. The molecule has 0 atom stereocenters. The number of H-pyrrole nitrogens is 1. The molecule has 0 aliphatic carbocycles. The molecule has 2 rings (SSSR count). The highest BCUT2D eigenvalue weighted by Crippen LogP contribution is 2.12. The average molecular weight is 200 g/mol. The van der Waals surface area contributed by atoms with Gasteiger partial charge in [0.15, 0.2) is 0 Å². The summed E-state index contributed by atoms with van der Waals surface area (Å²) >= 11 is 0. The van der Waals surface area contributed by atoms with E-state index in [4.69, 9.17) is 0 Å². The lowest BCUT2D eigenvalue weighted by atomic mass is 10.1. The van der Waals surface area contributed by atoms with Gasteiger partial charge in [-0.1, -0.05) is 23.8 Å². The summed E-state index contributed by atoms with van der Waals surface area (Å²) in [6.07, 6.45) is 4.23. The number of nitrogens with one attached hydrogen (secondary N) is 1. The summed E-state index contributed by atoms with van der Waals surface area (Å²) in [4.78, 5) is 7.87. The Balaban J connectivity index is 2.15. The minimum atomic E-state index is 0.991. The molecule has 78 valence electrons. The summed E-state index contributed by atoms with van der Waals surface area (Å²) < 4.78 is 0. The van der Waals surface area contributed by atoms with Crippen LogP contribution in [0.5, 0.6) is 0 Å². The van der Waals surface area contributed by atoms with Crippen molar-refractivity contribution >= 4 is 11.0 Å². The molecule has 15 heavy (non-hydrogen) atoms. The maximum atomic E-state index is 4.54. The highest BCUT2D eigenvalue weighted by atomic mass is 14.9. The lowest BCUT2D eigenvalue weighted by molar-refractivity contribution is 0.876. The number of rotatable bonds is 3. The molecule has 0 aliphatic rings. The average Bonchev–Trinajstić information content (AvgIpc) is 2.68. The molecule has 0 spiro atoms. The summed E-state index contributed by atoms with van der Waals surface area (Å²) in [6, 6.07) is 8.15. The van der Waals surface area contributed by atoms with E-state index < -0.39 is 0 Å². The monoisotopic (exact) mass is 200 g/mol. The number of benzene rings is 1. The topological polar surface area (TPSA) is 28.7 Å². The van der Waals surface area contributed by atoms with Crippen molar-refractivity contribution in [1.82, 2.24) is 9.97 Å². The number of aryl methyl sites for hydroxylation is 1. The van der Waals surface area contributed by atoms with Crippen LogP contribution in [-0.2, 0) is 6.42 Å². The number of para-hydroxylation sites is 2. The van der Waals surface area contributed by atoms with Crippen LogP contribution < -0.4 is 0 Å². The van der Waals surface area contributed by atoms with Crippen molar-refractivity contribution in [3.05, 3.63) is 41.7 Å². The maximum absolute atomic E-state index is 4.54. The number of hydrogen-bond acceptors (Lipinski definition) is 1. The predicted molar refractivity (Wildman–Crippen MR) is 63.8 cm³/mol. The molecule has 0 saturated carbocycles. The van der Waals surface area contributed by atoms with Gasteiger partial charge in [-0.25, -0.2) is 4.98 Å². The lowest BCUT2D eigenvalue weighted by Crippen LogP contribution is -1.88. The van der Waals surface area contributed by atoms with E-state index in [0.29, 0.717) is 0 Å². The number of nitrogens with zero attached hydrogens (tertiary/aromatic N) is 1. The van der Waals surface area contributed by atoms with Crippen molar-refractivity contribution in [2.45, 2.75) is 26.7 Å². The Hall–Kier alpha value is -1.57. The molecule has 2 heteroatoms. The quantitative estimate of drug-likeness (QED) is 0.755. The van der Waals surface area contributed by atoms with E-state index >= 15 is 0 Å². The standard InChI is InChI=1S/C13H16N2/c1-3-10(2)8-9-13-14-11-6-4-5-7-12(11)15-13/h3-7H,8-9H2,1-2H3,(H,14,15). The van der Waals surface area contributed by atoms with Crippen molar-refractivity contribution in [3.63, 3.8) is 0 Å². The third-order valence-corrected chi connectivity index (χ3v) is 2.69. The molecular formula is C13H16N2. The molecule has 1 aromatic heterocycles. The molecule has 2 aromatic rings. The number of hydrogen-bond donors (Lipinski definition) is 1. The first-order chi connectivity index (χ1) is 7.29. The fourth-order valence-electron chi connectivity index (χ4n) is 1.58. The number of allylic oxidation sites excluding steroid dienone is 2. The van der Waals surface area contributed by atoms with Crippen molar-refractivity contribution < 1.29 is 0 Å². The molecular weight excluding hydrogens is 184 g/mol. The van der Waals surface area contributed by atoms with Gasteiger partial charge in [0.2, 0.25) is 0 Å². The van der Waals surface area contributed by atoms with E-state index in [1.54, 1.807) is 0 Å². The Kier molecular flexibility index (Phi) is 2.86. The second kappa shape index (κ2) is 4.30. The van der Waals surface area contributed by atoms with Gasteiger partial charge in [0.05, 0.1) is 11.0 Å². The normalized spacial score (nSPS) is 12.3. The first kappa shape index (κ1) is 9.97. The summed E-state index contributed by atoms with van der Waals surface area (Å²) in [6.45, 7) is 4.23. The van der Waals surface area contributed by atoms with Crippen LogP contribution in [0, 0.1) is 0 Å². The zero-order chi connectivity index (χ0) is 10.7. The Bertz CT molecular complexity index is 447. The Labute approximate surface area is 90.0 Å². The van der Waals surface area contributed by atoms with E-state index in [-0.39, 0.29) is 0 Å². The second-order valence-electron chi connectivity index (χ2n) is 3.84. The van der Waals surface area contributed by atoms with Gasteiger partial charge in [0, 0.05) is 6.42 Å². The molecule has 2 nitrogen and oxygen atoms in total. The van der Waals surface area contributed by atoms with Crippen LogP contribution in [0.25, 0.3) is 11.0 Å². The molecule has 0 radical (unpaired) electrons. The van der Waals surface area contributed by atoms with Crippen LogP contribution in [0.2, 0.25) is 0 Å². The van der Waals surface area contributed by atoms with Crippen LogP contribution >= 0.6 is 0 Å². The molecule has 1 aromatic carbocycles. The summed E-state index contributed by atoms with van der Waals surface area (Å²) in [7, 11) is 0. The number of imidazole rings is 1. The van der Waals surface area contributed by atoms with Crippen molar-refractivity contribution in [2.75, 3.05) is 0 Å². The molecule has 0 aliphatic heterocycles. The van der Waals surface area contributed by atoms with Gasteiger partial charge in [0.1, 0.15) is 5.82 Å². The molecule has 0 fully saturated rings. The van der Waals surface area contributed by atoms with Gasteiger partial charge in [-0.05, 0) is 32.4 Å². The van der Waals surface area contributed by atoms with Crippen LogP contribution in [0.1, 0.15) is 26.1 Å². The Morgan fingerprint density at radius 3 is 2.93 bits per heavy atom. The summed E-state index contributed by atoms with van der Waals surface area (Å²) in [5, 5.41) is 0. The minimum absolute atomic E-state index is 0.991. The van der Waals surface area contributed by atoms with Crippen LogP contribution in [0.4, 0.5) is 0 Å². The third-order valence-electron chi connectivity index (χ3n) is 2.69. The first-order valence-electron chi connectivity index (χ1n) is 5.35. The zero-order valence-electron chi connectivity index (χ0n) is 9.25. The Morgan fingerprint density at radius 1 is 1.40 bits per heavy atom. The van der Waals surface area contributed by atoms with Crippen LogP contribution in [0.3, 0.4) is 0 Å². The Morgan fingerprint density at radius 2 is 2.20 bits per heavy atom. The van der Waals surface area contributed by atoms with Gasteiger partial charge in [0.25, 0.3) is 0 Å². The summed E-state index contributed by atoms with van der Waals surface area (Å²) in [5.41, 5.74) is 3.60. The largest absolute Gasteiger partial charge is 0.342 e. The lowest BCUT2D eigenvalue weighted by Gasteiger charge is -1.96. The molecule has 1 N–H and O–H groups in total. The van der Waals surface area contributed by atoms with E-state index in [1.807, 2.05) is 18.2 Å². The van der Waals surface area contributed by atoms with Gasteiger partial charge in [-0.2, -0.15) is 0 Å². The van der Waals surface area contributed by atoms with Crippen molar-refractivity contribution in [1.29, 1.82) is 0 Å². The zero-order valence-corrected chi connectivity index (χ0v) is 9.25. The van der Waals surface area contributed by atoms with E-state index in [1.165, 1.54) is 5.57 Å². The molecule has 0 bridgehead atoms. The van der Waals surface area contributed by atoms with Gasteiger partial charge < -0.3 is 4.98 Å². The van der Waals surface area contributed by atoms with Gasteiger partial charge in [-0.15, -0.1) is 0 Å². The summed E-state index contributed by atoms with van der Waals surface area (Å²) in [5.74, 6) is 1.08. The highest BCUT2D eigenvalue weighted by molar-refractivity contribution is 5.74. The number of aromatic nitrogens is 2. The fraction of sp³-hybridized carbons (Fsp3) is 0.308. The van der Waals surface area contributed by atoms with Gasteiger partial charge >= 0.3 is 0 Å². The first-order valence-corrected chi connectivity index (χ1v) is 5.35. The smallest absolute Gasteiger partial charge is 0.107 e. The maximum Gasteiger partial charge on any atom is 0.107 e.